The van der Waals surface area contributed by atoms with E-state index in [-0.39, 0.29) is 28.7 Å². The molecule has 0 saturated heterocycles. The van der Waals surface area contributed by atoms with Crippen LogP contribution in [0.2, 0.25) is 23.2 Å². The first-order valence-electron chi connectivity index (χ1n) is 25.5. The molecule has 1 N–H and O–H groups in total. The van der Waals surface area contributed by atoms with Crippen LogP contribution >= 0.6 is 7.05 Å². The third-order valence-electron chi connectivity index (χ3n) is 14.3. The van der Waals surface area contributed by atoms with E-state index in [1.807, 2.05) is 0 Å². The van der Waals surface area contributed by atoms with Crippen molar-refractivity contribution in [1.82, 2.24) is 0 Å². The highest BCUT2D eigenvalue weighted by atomic mass is 31.2. The molecular weight excluding hydrogens is 858 g/mol. The van der Waals surface area contributed by atoms with Gasteiger partial charge < -0.3 is 14.0 Å². The molecule has 4 nitrogen and oxygen atoms in total. The van der Waals surface area contributed by atoms with Crippen LogP contribution in [0.15, 0.2) is 156 Å². The molecule has 5 aromatic rings. The molecule has 0 bridgehead atoms. The second-order valence-electron chi connectivity index (χ2n) is 21.3. The lowest BCUT2D eigenvalue weighted by molar-refractivity contribution is 0.0381. The van der Waals surface area contributed by atoms with Crippen LogP contribution in [0.25, 0.3) is 0 Å². The van der Waals surface area contributed by atoms with E-state index in [0.717, 1.165) is 19.3 Å². The second-order valence-corrected chi connectivity index (χ2v) is 33.4. The number of unbranched alkanes of at least 4 members (excludes halogenated alkanes) is 11. The molecule has 0 fully saturated rings. The van der Waals surface area contributed by atoms with Crippen LogP contribution in [0.4, 0.5) is 0 Å². The van der Waals surface area contributed by atoms with Crippen LogP contribution in [-0.4, -0.2) is 47.1 Å². The van der Waals surface area contributed by atoms with Gasteiger partial charge in [0.2, 0.25) is 0 Å². The number of nitrogens with zero attached hydrogens (tertiary/aromatic N) is 1. The lowest BCUT2D eigenvalue weighted by Gasteiger charge is -2.46. The van der Waals surface area contributed by atoms with Gasteiger partial charge in [0, 0.05) is 28.4 Å². The molecule has 0 unspecified atom stereocenters. The van der Waals surface area contributed by atoms with Gasteiger partial charge in [0.1, 0.15) is 0 Å². The van der Waals surface area contributed by atoms with Gasteiger partial charge in [-0.15, -0.1) is 0 Å². The lowest BCUT2D eigenvalue weighted by atomic mass is 9.92. The zero-order chi connectivity index (χ0) is 47.5. The normalized spacial score (nSPS) is 14.2. The fourth-order valence-electron chi connectivity index (χ4n) is 9.58. The van der Waals surface area contributed by atoms with E-state index in [2.05, 4.69) is 213 Å². The summed E-state index contributed by atoms with van der Waals surface area (Å²) >= 11 is 0. The van der Waals surface area contributed by atoms with Crippen LogP contribution in [-0.2, 0) is 8.85 Å². The highest BCUT2D eigenvalue weighted by Crippen LogP contribution is 2.49. The van der Waals surface area contributed by atoms with E-state index < -0.39 is 29.7 Å². The van der Waals surface area contributed by atoms with Crippen LogP contribution in [0.5, 0.6) is 0 Å². The molecule has 0 spiro atoms. The zero-order valence-electron chi connectivity index (χ0n) is 42.4. The summed E-state index contributed by atoms with van der Waals surface area (Å²) in [6.07, 6.45) is 16.1. The van der Waals surface area contributed by atoms with E-state index in [1.54, 1.807) is 0 Å². The molecule has 3 atom stereocenters. The Morgan fingerprint density at radius 3 is 1.23 bits per heavy atom. The molecule has 358 valence electrons. The summed E-state index contributed by atoms with van der Waals surface area (Å²) in [6, 6.07) is 54.5. The number of aliphatic hydroxyl groups excluding tert-OH is 1. The third-order valence-corrected chi connectivity index (χ3v) is 27.6. The van der Waals surface area contributed by atoms with Crippen molar-refractivity contribution >= 4 is 50.0 Å². The molecule has 0 aliphatic rings. The minimum absolute atomic E-state index is 0.0377. The molecule has 0 aromatic heterocycles. The Balaban J connectivity index is 1.69. The average molecular weight is 944 g/mol. The standard InChI is InChI=1S/C59H86NO3PSi2/c1-10-11-12-13-14-15-16-17-18-19-20-26-37-50(48-61)57(63-65(8,9)58(2,3)4)56(49-62-66(59(5,6)7,54-44-33-24-34-45-54)55-46-35-25-36-47-55)60-64(51-38-27-21-28-39-51,52-40-29-22-30-41-52)53-42-31-23-32-43-53/h21-25,27-36,38-47,50,56-57,61H,10-20,26,37,48-49H2,1-9H3/t50-,56-,57+/m0/s1. The van der Waals surface area contributed by atoms with E-state index in [1.165, 1.54) is 90.5 Å². The summed E-state index contributed by atoms with van der Waals surface area (Å²) in [5.41, 5.74) is 0. The Labute approximate surface area is 404 Å². The maximum Gasteiger partial charge on any atom is 0.261 e. The topological polar surface area (TPSA) is 51.0 Å². The minimum atomic E-state index is -3.02. The molecule has 0 radical (unpaired) electrons. The fourth-order valence-corrected chi connectivity index (χ4v) is 19.3. The average Bonchev–Trinajstić information content (AvgIpc) is 3.32. The third kappa shape index (κ3) is 13.9. The molecule has 0 aliphatic carbocycles. The molecule has 0 heterocycles. The molecule has 5 rings (SSSR count). The van der Waals surface area contributed by atoms with E-state index >= 15 is 0 Å². The van der Waals surface area contributed by atoms with Crippen molar-refractivity contribution in [1.29, 1.82) is 0 Å². The van der Waals surface area contributed by atoms with Gasteiger partial charge in [-0.25, -0.2) is 0 Å². The first kappa shape index (κ1) is 53.6. The summed E-state index contributed by atoms with van der Waals surface area (Å²) in [6.45, 7) is 21.5. The first-order valence-corrected chi connectivity index (χ1v) is 32.1. The van der Waals surface area contributed by atoms with E-state index in [0.29, 0.717) is 6.61 Å². The smallest absolute Gasteiger partial charge is 0.261 e. The molecule has 66 heavy (non-hydrogen) atoms. The van der Waals surface area contributed by atoms with Crippen molar-refractivity contribution in [2.24, 2.45) is 10.7 Å². The highest BCUT2D eigenvalue weighted by Gasteiger charge is 2.52. The Hall–Kier alpha value is -3.36. The van der Waals surface area contributed by atoms with E-state index in [9.17, 15) is 5.11 Å². The molecule has 0 saturated carbocycles. The summed E-state index contributed by atoms with van der Waals surface area (Å²) in [7, 11) is -8.20. The number of hydrogen-bond donors (Lipinski definition) is 1. The van der Waals surface area contributed by atoms with Gasteiger partial charge in [-0.1, -0.05) is 277 Å². The van der Waals surface area contributed by atoms with Crippen molar-refractivity contribution in [3.05, 3.63) is 152 Å². The van der Waals surface area contributed by atoms with Gasteiger partial charge in [-0.05, 0) is 40.0 Å². The van der Waals surface area contributed by atoms with Gasteiger partial charge in [-0.2, -0.15) is 0 Å². The van der Waals surface area contributed by atoms with Gasteiger partial charge in [0.05, 0.1) is 25.8 Å². The van der Waals surface area contributed by atoms with Crippen LogP contribution in [0, 0.1) is 5.92 Å². The molecule has 5 aromatic carbocycles. The SMILES string of the molecule is CCCCCCCCCCCCCC[C@@H](CO)[C@@H](O[Si](C)(C)C(C)(C)C)[C@H](CO[Si](c1ccccc1)(c1ccccc1)C(C)(C)C)N=P(c1ccccc1)(c1ccccc1)c1ccccc1. The Morgan fingerprint density at radius 2 is 0.879 bits per heavy atom. The summed E-state index contributed by atoms with van der Waals surface area (Å²) < 4.78 is 22.3. The Morgan fingerprint density at radius 1 is 0.515 bits per heavy atom. The lowest BCUT2D eigenvalue weighted by Crippen LogP contribution is -2.67. The maximum absolute atomic E-state index is 11.8. The highest BCUT2D eigenvalue weighted by molar-refractivity contribution is 7.87. The van der Waals surface area contributed by atoms with Gasteiger partial charge in [0.25, 0.3) is 8.32 Å². The molecular formula is C59H86NO3PSi2. The summed E-state index contributed by atoms with van der Waals surface area (Å²) in [5, 5.41) is 17.6. The summed E-state index contributed by atoms with van der Waals surface area (Å²) in [4.78, 5) is 0. The number of hydrogen-bond acceptors (Lipinski definition) is 4. The minimum Gasteiger partial charge on any atom is -0.411 e. The second kappa shape index (κ2) is 25.9. The quantitative estimate of drug-likeness (QED) is 0.0324. The number of benzene rings is 5. The predicted molar refractivity (Wildman–Crippen MR) is 293 cm³/mol. The zero-order valence-corrected chi connectivity index (χ0v) is 45.3. The van der Waals surface area contributed by atoms with Gasteiger partial charge in [0.15, 0.2) is 8.32 Å². The summed E-state index contributed by atoms with van der Waals surface area (Å²) in [5.74, 6) is -0.122. The van der Waals surface area contributed by atoms with Crippen molar-refractivity contribution < 1.29 is 14.0 Å². The maximum atomic E-state index is 11.8. The monoisotopic (exact) mass is 944 g/mol. The van der Waals surface area contributed by atoms with Gasteiger partial charge >= 0.3 is 0 Å². The first-order chi connectivity index (χ1) is 31.7. The Bertz CT molecular complexity index is 1990. The van der Waals surface area contributed by atoms with Crippen LogP contribution < -0.4 is 26.3 Å². The Kier molecular flexibility index (Phi) is 21.0. The predicted octanol–water partition coefficient (Wildman–Crippen LogP) is 14.2. The fraction of sp³-hybridized carbons (Fsp3) is 0.492. The number of rotatable bonds is 27. The molecule has 0 amide bonds. The van der Waals surface area contributed by atoms with Crippen molar-refractivity contribution in [3.8, 4) is 0 Å². The van der Waals surface area contributed by atoms with Crippen LogP contribution in [0.3, 0.4) is 0 Å². The van der Waals surface area contributed by atoms with Crippen LogP contribution in [0.1, 0.15) is 132 Å². The van der Waals surface area contributed by atoms with Crippen molar-refractivity contribution in [2.45, 2.75) is 167 Å². The number of aliphatic hydroxyl groups is 1. The van der Waals surface area contributed by atoms with E-state index in [4.69, 9.17) is 13.6 Å². The largest absolute Gasteiger partial charge is 0.411 e. The van der Waals surface area contributed by atoms with Crippen molar-refractivity contribution in [2.75, 3.05) is 13.2 Å². The molecule has 0 aliphatic heterocycles. The van der Waals surface area contributed by atoms with Gasteiger partial charge in [-0.3, -0.25) is 4.74 Å². The van der Waals surface area contributed by atoms with Crippen molar-refractivity contribution in [3.63, 3.8) is 0 Å². The molecule has 7 heteroatoms.